The summed E-state index contributed by atoms with van der Waals surface area (Å²) in [6.45, 7) is 0.138. The summed E-state index contributed by atoms with van der Waals surface area (Å²) in [5, 5.41) is 6.81. The molecule has 6 heteroatoms. The lowest BCUT2D eigenvalue weighted by atomic mass is 10.2. The normalized spacial score (nSPS) is 10.4. The lowest BCUT2D eigenvalue weighted by Crippen LogP contribution is -2.23. The molecule has 0 amide bonds. The van der Waals surface area contributed by atoms with Gasteiger partial charge >= 0.3 is 0 Å². The minimum atomic E-state index is -0.505. The van der Waals surface area contributed by atoms with Crippen molar-refractivity contribution in [3.05, 3.63) is 57.2 Å². The van der Waals surface area contributed by atoms with Gasteiger partial charge in [-0.25, -0.2) is 9.07 Å². The molecule has 18 heavy (non-hydrogen) atoms. The molecule has 0 aliphatic rings. The highest BCUT2D eigenvalue weighted by atomic mass is 35.5. The Kier molecular flexibility index (Phi) is 3.62. The van der Waals surface area contributed by atoms with Crippen molar-refractivity contribution in [2.24, 2.45) is 0 Å². The van der Waals surface area contributed by atoms with Gasteiger partial charge in [0.05, 0.1) is 23.5 Å². The number of aromatic nitrogens is 2. The molecule has 1 heterocycles. The second-order valence-corrected chi connectivity index (χ2v) is 4.08. The third-order valence-electron chi connectivity index (χ3n) is 2.51. The topological polar surface area (TPSA) is 46.9 Å². The van der Waals surface area contributed by atoms with Crippen LogP contribution in [0.4, 0.5) is 10.1 Å². The fourth-order valence-corrected chi connectivity index (χ4v) is 1.71. The van der Waals surface area contributed by atoms with Crippen LogP contribution in [0.1, 0.15) is 5.56 Å². The van der Waals surface area contributed by atoms with E-state index in [1.807, 2.05) is 0 Å². The number of anilines is 1. The Bertz CT molecular complexity index is 627. The SMILES string of the molecule is CNc1cnn(Cc2cccc(F)c2Cl)c(=O)c1. The van der Waals surface area contributed by atoms with Gasteiger partial charge in [-0.05, 0) is 11.6 Å². The monoisotopic (exact) mass is 267 g/mol. The quantitative estimate of drug-likeness (QED) is 0.927. The zero-order valence-electron chi connectivity index (χ0n) is 9.65. The van der Waals surface area contributed by atoms with E-state index in [4.69, 9.17) is 11.6 Å². The molecule has 1 N–H and O–H groups in total. The number of nitrogens with zero attached hydrogens (tertiary/aromatic N) is 2. The third kappa shape index (κ3) is 2.51. The van der Waals surface area contributed by atoms with Crippen molar-refractivity contribution in [2.45, 2.75) is 6.54 Å². The summed E-state index contributed by atoms with van der Waals surface area (Å²) in [6.07, 6.45) is 1.52. The number of benzene rings is 1. The molecule has 2 rings (SSSR count). The number of nitrogens with one attached hydrogen (secondary N) is 1. The van der Waals surface area contributed by atoms with Crippen molar-refractivity contribution >= 4 is 17.3 Å². The van der Waals surface area contributed by atoms with E-state index in [1.165, 1.54) is 23.0 Å². The van der Waals surface area contributed by atoms with Gasteiger partial charge in [0.15, 0.2) is 0 Å². The van der Waals surface area contributed by atoms with E-state index in [0.29, 0.717) is 11.3 Å². The summed E-state index contributed by atoms with van der Waals surface area (Å²) in [4.78, 5) is 11.7. The average Bonchev–Trinajstić information content (AvgIpc) is 2.37. The number of rotatable bonds is 3. The van der Waals surface area contributed by atoms with Gasteiger partial charge in [0.2, 0.25) is 0 Å². The van der Waals surface area contributed by atoms with E-state index in [-0.39, 0.29) is 17.1 Å². The Labute approximate surface area is 108 Å². The molecule has 0 aliphatic heterocycles. The van der Waals surface area contributed by atoms with Crippen LogP contribution in [0.2, 0.25) is 5.02 Å². The minimum Gasteiger partial charge on any atom is -0.387 e. The molecule has 0 radical (unpaired) electrons. The molecule has 1 aromatic heterocycles. The number of hydrogen-bond acceptors (Lipinski definition) is 3. The van der Waals surface area contributed by atoms with Crippen LogP contribution < -0.4 is 10.9 Å². The molecule has 1 aromatic carbocycles. The van der Waals surface area contributed by atoms with Crippen LogP contribution in [0.15, 0.2) is 35.3 Å². The lowest BCUT2D eigenvalue weighted by molar-refractivity contribution is 0.611. The third-order valence-corrected chi connectivity index (χ3v) is 2.93. The Hall–Kier alpha value is -1.88. The van der Waals surface area contributed by atoms with Crippen LogP contribution >= 0.6 is 11.6 Å². The van der Waals surface area contributed by atoms with Crippen molar-refractivity contribution in [1.82, 2.24) is 9.78 Å². The van der Waals surface area contributed by atoms with Crippen LogP contribution in [0, 0.1) is 5.82 Å². The van der Waals surface area contributed by atoms with Gasteiger partial charge in [-0.15, -0.1) is 0 Å². The summed E-state index contributed by atoms with van der Waals surface area (Å²) in [6, 6.07) is 5.89. The van der Waals surface area contributed by atoms with Crippen LogP contribution in [0.5, 0.6) is 0 Å². The van der Waals surface area contributed by atoms with E-state index in [9.17, 15) is 9.18 Å². The summed E-state index contributed by atoms with van der Waals surface area (Å²) in [7, 11) is 1.70. The molecular weight excluding hydrogens is 257 g/mol. The van der Waals surface area contributed by atoms with Crippen molar-refractivity contribution in [1.29, 1.82) is 0 Å². The molecule has 0 spiro atoms. The molecule has 0 atom stereocenters. The molecule has 2 aromatic rings. The van der Waals surface area contributed by atoms with E-state index in [2.05, 4.69) is 10.4 Å². The van der Waals surface area contributed by atoms with E-state index in [1.54, 1.807) is 19.2 Å². The molecule has 0 saturated carbocycles. The predicted octanol–water partition coefficient (Wildman–Crippen LogP) is 2.13. The van der Waals surface area contributed by atoms with E-state index in [0.717, 1.165) is 0 Å². The van der Waals surface area contributed by atoms with Crippen LogP contribution in [-0.4, -0.2) is 16.8 Å². The smallest absolute Gasteiger partial charge is 0.269 e. The highest BCUT2D eigenvalue weighted by molar-refractivity contribution is 6.31. The highest BCUT2D eigenvalue weighted by Gasteiger charge is 2.07. The molecule has 0 saturated heterocycles. The number of hydrogen-bond donors (Lipinski definition) is 1. The largest absolute Gasteiger partial charge is 0.387 e. The summed E-state index contributed by atoms with van der Waals surface area (Å²) in [5.74, 6) is -0.505. The standard InChI is InChI=1S/C12H11ClFN3O/c1-15-9-5-11(18)17(16-6-9)7-8-3-2-4-10(14)12(8)13/h2-6,15H,7H2,1H3. The Balaban J connectivity index is 2.35. The molecule has 4 nitrogen and oxygen atoms in total. The van der Waals surface area contributed by atoms with Crippen LogP contribution in [0.3, 0.4) is 0 Å². The van der Waals surface area contributed by atoms with Gasteiger partial charge in [0, 0.05) is 13.1 Å². The van der Waals surface area contributed by atoms with Gasteiger partial charge in [-0.3, -0.25) is 4.79 Å². The minimum absolute atomic E-state index is 0.0175. The zero-order chi connectivity index (χ0) is 13.1. The average molecular weight is 268 g/mol. The first-order chi connectivity index (χ1) is 8.61. The van der Waals surface area contributed by atoms with Gasteiger partial charge in [-0.2, -0.15) is 5.10 Å². The second-order valence-electron chi connectivity index (χ2n) is 3.70. The maximum absolute atomic E-state index is 13.3. The van der Waals surface area contributed by atoms with E-state index >= 15 is 0 Å². The molecule has 0 aliphatic carbocycles. The predicted molar refractivity (Wildman–Crippen MR) is 68.6 cm³/mol. The van der Waals surface area contributed by atoms with Crippen molar-refractivity contribution < 1.29 is 4.39 Å². The summed E-state index contributed by atoms with van der Waals surface area (Å²) >= 11 is 5.82. The first-order valence-electron chi connectivity index (χ1n) is 5.29. The molecule has 0 unspecified atom stereocenters. The molecule has 0 bridgehead atoms. The maximum Gasteiger partial charge on any atom is 0.269 e. The maximum atomic E-state index is 13.3. The molecular formula is C12H11ClFN3O. The fourth-order valence-electron chi connectivity index (χ4n) is 1.52. The van der Waals surface area contributed by atoms with Gasteiger partial charge in [0.1, 0.15) is 5.82 Å². The van der Waals surface area contributed by atoms with Crippen molar-refractivity contribution in [3.63, 3.8) is 0 Å². The Morgan fingerprint density at radius 3 is 2.94 bits per heavy atom. The Morgan fingerprint density at radius 2 is 2.28 bits per heavy atom. The van der Waals surface area contributed by atoms with Crippen LogP contribution in [0.25, 0.3) is 0 Å². The number of halogens is 2. The summed E-state index contributed by atoms with van der Waals surface area (Å²) < 4.78 is 14.5. The summed E-state index contributed by atoms with van der Waals surface area (Å²) in [5.41, 5.74) is 0.868. The molecule has 94 valence electrons. The van der Waals surface area contributed by atoms with Crippen molar-refractivity contribution in [2.75, 3.05) is 12.4 Å². The van der Waals surface area contributed by atoms with Gasteiger partial charge < -0.3 is 5.32 Å². The van der Waals surface area contributed by atoms with Gasteiger partial charge in [-0.1, -0.05) is 23.7 Å². The fraction of sp³-hybridized carbons (Fsp3) is 0.167. The first kappa shape index (κ1) is 12.6. The zero-order valence-corrected chi connectivity index (χ0v) is 10.4. The van der Waals surface area contributed by atoms with Gasteiger partial charge in [0.25, 0.3) is 5.56 Å². The Morgan fingerprint density at radius 1 is 1.50 bits per heavy atom. The highest BCUT2D eigenvalue weighted by Crippen LogP contribution is 2.19. The van der Waals surface area contributed by atoms with E-state index < -0.39 is 5.82 Å². The lowest BCUT2D eigenvalue weighted by Gasteiger charge is -2.07. The molecule has 0 fully saturated rings. The van der Waals surface area contributed by atoms with Crippen molar-refractivity contribution in [3.8, 4) is 0 Å². The van der Waals surface area contributed by atoms with Crippen LogP contribution in [-0.2, 0) is 6.54 Å². The first-order valence-corrected chi connectivity index (χ1v) is 5.67. The second kappa shape index (κ2) is 5.18.